The zero-order valence-corrected chi connectivity index (χ0v) is 17.9. The fourth-order valence-electron chi connectivity index (χ4n) is 3.99. The Morgan fingerprint density at radius 2 is 1.77 bits per heavy atom. The monoisotopic (exact) mass is 421 g/mol. The number of carbonyl (C=O) groups excluding carboxylic acids is 1. The molecule has 1 amide bonds. The number of thioether (sulfide) groups is 1. The molecule has 0 radical (unpaired) electrons. The number of amides is 1. The lowest BCUT2D eigenvalue weighted by atomic mass is 9.89. The summed E-state index contributed by atoms with van der Waals surface area (Å²) in [5.74, 6) is 0.855. The van der Waals surface area contributed by atoms with Crippen LogP contribution in [0.1, 0.15) is 37.7 Å². The van der Waals surface area contributed by atoms with Gasteiger partial charge in [-0.2, -0.15) is 0 Å². The van der Waals surface area contributed by atoms with Crippen molar-refractivity contribution in [1.82, 2.24) is 14.9 Å². The van der Waals surface area contributed by atoms with Gasteiger partial charge in [-0.15, -0.1) is 0 Å². The summed E-state index contributed by atoms with van der Waals surface area (Å²) < 4.78 is 1.68. The largest absolute Gasteiger partial charge is 0.355 e. The highest BCUT2D eigenvalue weighted by atomic mass is 32.2. The first-order valence-corrected chi connectivity index (χ1v) is 11.6. The summed E-state index contributed by atoms with van der Waals surface area (Å²) >= 11 is 1.33. The average Bonchev–Trinajstić information content (AvgIpc) is 2.80. The number of rotatable bonds is 7. The molecule has 2 aromatic carbocycles. The van der Waals surface area contributed by atoms with Crippen molar-refractivity contribution in [2.75, 3.05) is 12.3 Å². The number of hydrogen-bond donors (Lipinski definition) is 1. The molecule has 3 aromatic rings. The van der Waals surface area contributed by atoms with E-state index in [-0.39, 0.29) is 17.2 Å². The molecule has 156 valence electrons. The fourth-order valence-corrected chi connectivity index (χ4v) is 4.82. The number of benzene rings is 2. The van der Waals surface area contributed by atoms with Crippen molar-refractivity contribution in [3.63, 3.8) is 0 Å². The molecule has 6 heteroatoms. The molecule has 0 atom stereocenters. The topological polar surface area (TPSA) is 64.0 Å². The fraction of sp³-hybridized carbons (Fsp3) is 0.375. The van der Waals surface area contributed by atoms with Gasteiger partial charge >= 0.3 is 0 Å². The van der Waals surface area contributed by atoms with E-state index in [1.807, 2.05) is 48.5 Å². The van der Waals surface area contributed by atoms with Gasteiger partial charge in [0.25, 0.3) is 5.56 Å². The Hall–Kier alpha value is -2.60. The highest BCUT2D eigenvalue weighted by molar-refractivity contribution is 7.99. The molecular weight excluding hydrogens is 394 g/mol. The Morgan fingerprint density at radius 1 is 1.03 bits per heavy atom. The molecule has 0 saturated heterocycles. The third-order valence-electron chi connectivity index (χ3n) is 5.66. The van der Waals surface area contributed by atoms with E-state index in [1.165, 1.54) is 43.9 Å². The molecule has 1 N–H and O–H groups in total. The maximum Gasteiger partial charge on any atom is 0.262 e. The van der Waals surface area contributed by atoms with Crippen molar-refractivity contribution in [3.05, 3.63) is 70.5 Å². The number of nitrogens with one attached hydrogen (secondary N) is 1. The lowest BCUT2D eigenvalue weighted by Crippen LogP contribution is -2.32. The standard InChI is InChI=1S/C24H27N3O2S/c28-22(25-15-18-9-3-1-4-10-18)17-30-24-26-21-14-8-7-13-20(21)23(29)27(24)16-19-11-5-2-6-12-19/h2,5-8,11-14,18H,1,3-4,9-10,15-17H2,(H,25,28). The van der Waals surface area contributed by atoms with Crippen molar-refractivity contribution >= 4 is 28.6 Å². The van der Waals surface area contributed by atoms with Gasteiger partial charge in [-0.3, -0.25) is 14.2 Å². The van der Waals surface area contributed by atoms with Gasteiger partial charge in [0.1, 0.15) is 0 Å². The van der Waals surface area contributed by atoms with Crippen LogP contribution >= 0.6 is 11.8 Å². The van der Waals surface area contributed by atoms with Crippen LogP contribution in [0, 0.1) is 5.92 Å². The lowest BCUT2D eigenvalue weighted by molar-refractivity contribution is -0.118. The van der Waals surface area contributed by atoms with E-state index in [2.05, 4.69) is 5.32 Å². The van der Waals surface area contributed by atoms with Crippen LogP contribution in [0.2, 0.25) is 0 Å². The Bertz CT molecular complexity index is 1060. The van der Waals surface area contributed by atoms with Gasteiger partial charge in [-0.1, -0.05) is 73.5 Å². The van der Waals surface area contributed by atoms with Gasteiger partial charge in [0.05, 0.1) is 23.2 Å². The number of fused-ring (bicyclic) bond motifs is 1. The lowest BCUT2D eigenvalue weighted by Gasteiger charge is -2.21. The van der Waals surface area contributed by atoms with E-state index in [9.17, 15) is 9.59 Å². The van der Waals surface area contributed by atoms with Crippen LogP contribution in [0.15, 0.2) is 64.5 Å². The Labute approximate surface area is 180 Å². The van der Waals surface area contributed by atoms with Gasteiger partial charge in [-0.05, 0) is 36.5 Å². The maximum atomic E-state index is 13.1. The summed E-state index contributed by atoms with van der Waals surface area (Å²) in [4.78, 5) is 30.3. The quantitative estimate of drug-likeness (QED) is 0.458. The minimum absolute atomic E-state index is 0.000702. The van der Waals surface area contributed by atoms with Gasteiger partial charge in [0.15, 0.2) is 5.16 Å². The number of nitrogens with zero attached hydrogens (tertiary/aromatic N) is 2. The summed E-state index contributed by atoms with van der Waals surface area (Å²) in [7, 11) is 0. The Kier molecular flexibility index (Phi) is 6.84. The number of carbonyl (C=O) groups is 1. The number of aromatic nitrogens is 2. The zero-order valence-electron chi connectivity index (χ0n) is 17.0. The second kappa shape index (κ2) is 9.94. The summed E-state index contributed by atoms with van der Waals surface area (Å²) in [6.07, 6.45) is 6.25. The molecule has 0 bridgehead atoms. The Balaban J connectivity index is 1.50. The van der Waals surface area contributed by atoms with Gasteiger partial charge < -0.3 is 5.32 Å². The molecule has 4 rings (SSSR count). The van der Waals surface area contributed by atoms with Crippen LogP contribution in [0.4, 0.5) is 0 Å². The number of hydrogen-bond acceptors (Lipinski definition) is 4. The zero-order chi connectivity index (χ0) is 20.8. The third-order valence-corrected chi connectivity index (χ3v) is 6.63. The SMILES string of the molecule is O=C(CSc1nc2ccccc2c(=O)n1Cc1ccccc1)NCC1CCCCC1. The normalized spacial score (nSPS) is 14.7. The van der Waals surface area contributed by atoms with Crippen molar-refractivity contribution in [1.29, 1.82) is 0 Å². The van der Waals surface area contributed by atoms with Crippen LogP contribution < -0.4 is 10.9 Å². The van der Waals surface area contributed by atoms with E-state index >= 15 is 0 Å². The van der Waals surface area contributed by atoms with Crippen LogP contribution in [-0.4, -0.2) is 27.8 Å². The average molecular weight is 422 g/mol. The summed E-state index contributed by atoms with van der Waals surface area (Å²) in [5, 5.41) is 4.24. The predicted octanol–water partition coefficient (Wildman–Crippen LogP) is 4.23. The molecule has 1 aliphatic carbocycles. The second-order valence-electron chi connectivity index (χ2n) is 7.89. The van der Waals surface area contributed by atoms with Crippen LogP contribution in [0.3, 0.4) is 0 Å². The minimum atomic E-state index is -0.0745. The molecular formula is C24H27N3O2S. The molecule has 1 heterocycles. The molecule has 0 spiro atoms. The summed E-state index contributed by atoms with van der Waals surface area (Å²) in [6, 6.07) is 17.2. The molecule has 1 aromatic heterocycles. The van der Waals surface area contributed by atoms with Crippen molar-refractivity contribution in [2.45, 2.75) is 43.8 Å². The first-order chi connectivity index (χ1) is 14.7. The van der Waals surface area contributed by atoms with E-state index in [1.54, 1.807) is 10.6 Å². The molecule has 1 aliphatic rings. The highest BCUT2D eigenvalue weighted by Crippen LogP contribution is 2.23. The molecule has 0 unspecified atom stereocenters. The van der Waals surface area contributed by atoms with Gasteiger partial charge in [0, 0.05) is 6.54 Å². The predicted molar refractivity (Wildman–Crippen MR) is 122 cm³/mol. The van der Waals surface area contributed by atoms with E-state index < -0.39 is 0 Å². The van der Waals surface area contributed by atoms with Gasteiger partial charge in [-0.25, -0.2) is 4.98 Å². The summed E-state index contributed by atoms with van der Waals surface area (Å²) in [5.41, 5.74) is 1.62. The van der Waals surface area contributed by atoms with Crippen molar-refractivity contribution < 1.29 is 4.79 Å². The smallest absolute Gasteiger partial charge is 0.262 e. The number of para-hydroxylation sites is 1. The molecule has 30 heavy (non-hydrogen) atoms. The van der Waals surface area contributed by atoms with E-state index in [0.717, 1.165) is 12.1 Å². The molecule has 1 saturated carbocycles. The molecule has 5 nitrogen and oxygen atoms in total. The van der Waals surface area contributed by atoms with Crippen LogP contribution in [0.5, 0.6) is 0 Å². The van der Waals surface area contributed by atoms with E-state index in [4.69, 9.17) is 4.98 Å². The third kappa shape index (κ3) is 5.11. The van der Waals surface area contributed by atoms with Crippen LogP contribution in [-0.2, 0) is 11.3 Å². The van der Waals surface area contributed by atoms with Crippen molar-refractivity contribution in [2.24, 2.45) is 5.92 Å². The first kappa shape index (κ1) is 20.7. The maximum absolute atomic E-state index is 13.1. The van der Waals surface area contributed by atoms with Crippen LogP contribution in [0.25, 0.3) is 10.9 Å². The molecule has 1 fully saturated rings. The Morgan fingerprint density at radius 3 is 2.57 bits per heavy atom. The van der Waals surface area contributed by atoms with Crippen molar-refractivity contribution in [3.8, 4) is 0 Å². The minimum Gasteiger partial charge on any atom is -0.355 e. The summed E-state index contributed by atoms with van der Waals surface area (Å²) in [6.45, 7) is 1.19. The van der Waals surface area contributed by atoms with Gasteiger partial charge in [0.2, 0.25) is 5.91 Å². The highest BCUT2D eigenvalue weighted by Gasteiger charge is 2.16. The molecule has 0 aliphatic heterocycles. The first-order valence-electron chi connectivity index (χ1n) is 10.6. The van der Waals surface area contributed by atoms with E-state index in [0.29, 0.717) is 28.5 Å². The second-order valence-corrected chi connectivity index (χ2v) is 8.83.